The zero-order chi connectivity index (χ0) is 22.9. The van der Waals surface area contributed by atoms with Crippen LogP contribution in [0.3, 0.4) is 0 Å². The number of rotatable bonds is 7. The summed E-state index contributed by atoms with van der Waals surface area (Å²) in [4.78, 5) is 31.6. The van der Waals surface area contributed by atoms with E-state index in [1.807, 2.05) is 18.2 Å². The molecule has 0 unspecified atom stereocenters. The molecule has 0 radical (unpaired) electrons. The minimum atomic E-state index is -0.265. The Labute approximate surface area is 188 Å². The van der Waals surface area contributed by atoms with Crippen LogP contribution in [0, 0.1) is 0 Å². The number of aliphatic imine (C=N–C) groups is 1. The molecule has 0 bridgehead atoms. The maximum atomic E-state index is 12.0. The van der Waals surface area contributed by atoms with Crippen molar-refractivity contribution in [3.05, 3.63) is 23.8 Å². The number of nitrogens with zero attached hydrogens (tertiary/aromatic N) is 3. The third kappa shape index (κ3) is 6.66. The Kier molecular flexibility index (Phi) is 8.41. The van der Waals surface area contributed by atoms with Gasteiger partial charge in [0.2, 0.25) is 12.7 Å². The Morgan fingerprint density at radius 3 is 2.69 bits per heavy atom. The van der Waals surface area contributed by atoms with Crippen LogP contribution in [0.5, 0.6) is 11.5 Å². The molecule has 2 aliphatic rings. The Hall–Kier alpha value is -3.17. The van der Waals surface area contributed by atoms with Gasteiger partial charge in [0.1, 0.15) is 6.54 Å². The number of benzene rings is 1. The lowest BCUT2D eigenvalue weighted by atomic mass is 10.1. The van der Waals surface area contributed by atoms with Crippen LogP contribution in [0.4, 0.5) is 4.79 Å². The van der Waals surface area contributed by atoms with Crippen LogP contribution < -0.4 is 20.1 Å². The highest BCUT2D eigenvalue weighted by molar-refractivity contribution is 5.85. The van der Waals surface area contributed by atoms with Crippen LogP contribution in [0.2, 0.25) is 0 Å². The fraction of sp³-hybridized carbons (Fsp3) is 0.591. The van der Waals surface area contributed by atoms with Gasteiger partial charge in [0.25, 0.3) is 0 Å². The van der Waals surface area contributed by atoms with Gasteiger partial charge in [0, 0.05) is 39.8 Å². The summed E-state index contributed by atoms with van der Waals surface area (Å²) in [5.41, 5.74) is 1.12. The number of carbonyl (C=O) groups excluding carboxylic acids is 2. The number of ether oxygens (including phenoxy) is 3. The van der Waals surface area contributed by atoms with Crippen LogP contribution in [-0.2, 0) is 16.0 Å². The van der Waals surface area contributed by atoms with E-state index in [1.54, 1.807) is 25.9 Å². The molecule has 0 saturated carbocycles. The number of guanidine groups is 1. The molecule has 3 rings (SSSR count). The minimum absolute atomic E-state index is 0.0635. The Balaban J connectivity index is 1.53. The molecule has 2 heterocycles. The van der Waals surface area contributed by atoms with Crippen molar-refractivity contribution in [3.8, 4) is 11.5 Å². The summed E-state index contributed by atoms with van der Waals surface area (Å²) in [6.45, 7) is 4.39. The lowest BCUT2D eigenvalue weighted by molar-refractivity contribution is -0.127. The van der Waals surface area contributed by atoms with E-state index in [0.717, 1.165) is 36.3 Å². The molecule has 1 aromatic rings. The Bertz CT molecular complexity index is 821. The van der Waals surface area contributed by atoms with Crippen molar-refractivity contribution in [2.24, 2.45) is 4.99 Å². The normalized spacial score (nSPS) is 16.0. The van der Waals surface area contributed by atoms with E-state index in [2.05, 4.69) is 15.6 Å². The molecule has 1 fully saturated rings. The number of likely N-dealkylation sites (tertiary alicyclic amines) is 1. The maximum absolute atomic E-state index is 12.0. The van der Waals surface area contributed by atoms with Gasteiger partial charge in [-0.25, -0.2) is 9.79 Å². The summed E-state index contributed by atoms with van der Waals surface area (Å²) in [7, 11) is 3.42. The third-order valence-electron chi connectivity index (χ3n) is 5.38. The highest BCUT2D eigenvalue weighted by Gasteiger charge is 2.24. The number of nitrogens with one attached hydrogen (secondary N) is 2. The fourth-order valence-electron chi connectivity index (χ4n) is 3.48. The highest BCUT2D eigenvalue weighted by atomic mass is 16.7. The standard InChI is InChI=1S/C22H33N5O5/c1-4-30-22(29)27-11-8-17(9-12-27)25-21(24-14-20(28)26(2)3)23-10-7-16-5-6-18-19(13-16)32-15-31-18/h5-6,13,17H,4,7-12,14-15H2,1-3H3,(H2,23,24,25). The number of piperidine rings is 1. The summed E-state index contributed by atoms with van der Waals surface area (Å²) in [6.07, 6.45) is 2.06. The van der Waals surface area contributed by atoms with Gasteiger partial charge < -0.3 is 34.6 Å². The molecule has 32 heavy (non-hydrogen) atoms. The van der Waals surface area contributed by atoms with Gasteiger partial charge in [-0.2, -0.15) is 0 Å². The summed E-state index contributed by atoms with van der Waals surface area (Å²) in [5.74, 6) is 2.05. The first-order valence-electron chi connectivity index (χ1n) is 11.0. The van der Waals surface area contributed by atoms with E-state index in [9.17, 15) is 9.59 Å². The van der Waals surface area contributed by atoms with Gasteiger partial charge in [0.05, 0.1) is 6.61 Å². The minimum Gasteiger partial charge on any atom is -0.454 e. The predicted molar refractivity (Wildman–Crippen MR) is 120 cm³/mol. The van der Waals surface area contributed by atoms with Crippen molar-refractivity contribution in [1.29, 1.82) is 0 Å². The van der Waals surface area contributed by atoms with E-state index in [1.165, 1.54) is 4.90 Å². The summed E-state index contributed by atoms with van der Waals surface area (Å²) in [6, 6.07) is 6.07. The number of hydrogen-bond donors (Lipinski definition) is 2. The van der Waals surface area contributed by atoms with E-state index in [4.69, 9.17) is 14.2 Å². The molecule has 2 aliphatic heterocycles. The van der Waals surface area contributed by atoms with Crippen molar-refractivity contribution in [2.45, 2.75) is 32.2 Å². The zero-order valence-electron chi connectivity index (χ0n) is 19.1. The Morgan fingerprint density at radius 2 is 1.97 bits per heavy atom. The van der Waals surface area contributed by atoms with Crippen molar-refractivity contribution >= 4 is 18.0 Å². The smallest absolute Gasteiger partial charge is 0.409 e. The van der Waals surface area contributed by atoms with Crippen LogP contribution in [0.25, 0.3) is 0 Å². The monoisotopic (exact) mass is 447 g/mol. The SMILES string of the molecule is CCOC(=O)N1CCC(NC(=NCC(=O)N(C)C)NCCc2ccc3c(c2)OCO3)CC1. The first kappa shape index (κ1) is 23.5. The molecule has 0 atom stereocenters. The second-order valence-corrected chi connectivity index (χ2v) is 7.92. The number of amides is 2. The topological polar surface area (TPSA) is 105 Å². The van der Waals surface area contributed by atoms with Crippen molar-refractivity contribution in [1.82, 2.24) is 20.4 Å². The van der Waals surface area contributed by atoms with E-state index >= 15 is 0 Å². The highest BCUT2D eigenvalue weighted by Crippen LogP contribution is 2.32. The lowest BCUT2D eigenvalue weighted by Crippen LogP contribution is -2.50. The Morgan fingerprint density at radius 1 is 1.22 bits per heavy atom. The molecule has 2 amide bonds. The summed E-state index contributed by atoms with van der Waals surface area (Å²) < 4.78 is 15.9. The molecule has 2 N–H and O–H groups in total. The molecule has 1 saturated heterocycles. The molecule has 0 aliphatic carbocycles. The maximum Gasteiger partial charge on any atom is 0.409 e. The number of fused-ring (bicyclic) bond motifs is 1. The first-order valence-corrected chi connectivity index (χ1v) is 11.0. The van der Waals surface area contributed by atoms with Crippen molar-refractivity contribution in [2.75, 3.05) is 53.7 Å². The first-order chi connectivity index (χ1) is 15.5. The van der Waals surface area contributed by atoms with Crippen LogP contribution in [0.15, 0.2) is 23.2 Å². The summed E-state index contributed by atoms with van der Waals surface area (Å²) >= 11 is 0. The molecule has 10 heteroatoms. The van der Waals surface area contributed by atoms with E-state index < -0.39 is 0 Å². The second kappa shape index (κ2) is 11.4. The molecule has 1 aromatic carbocycles. The molecule has 176 valence electrons. The lowest BCUT2D eigenvalue weighted by Gasteiger charge is -2.32. The average Bonchev–Trinajstić information content (AvgIpc) is 3.25. The molecule has 0 aromatic heterocycles. The van der Waals surface area contributed by atoms with Crippen LogP contribution in [0.1, 0.15) is 25.3 Å². The van der Waals surface area contributed by atoms with Gasteiger partial charge in [0.15, 0.2) is 17.5 Å². The molecular formula is C22H33N5O5. The van der Waals surface area contributed by atoms with Gasteiger partial charge in [-0.15, -0.1) is 0 Å². The number of carbonyl (C=O) groups is 2. The quantitative estimate of drug-likeness (QED) is 0.478. The van der Waals surface area contributed by atoms with Gasteiger partial charge in [-0.1, -0.05) is 6.07 Å². The molecule has 0 spiro atoms. The van der Waals surface area contributed by atoms with Crippen molar-refractivity contribution < 1.29 is 23.8 Å². The molecular weight excluding hydrogens is 414 g/mol. The van der Waals surface area contributed by atoms with Gasteiger partial charge in [-0.3, -0.25) is 4.79 Å². The zero-order valence-corrected chi connectivity index (χ0v) is 19.1. The fourth-order valence-corrected chi connectivity index (χ4v) is 3.48. The molecule has 10 nitrogen and oxygen atoms in total. The van der Waals surface area contributed by atoms with Crippen molar-refractivity contribution in [3.63, 3.8) is 0 Å². The average molecular weight is 448 g/mol. The third-order valence-corrected chi connectivity index (χ3v) is 5.38. The number of hydrogen-bond acceptors (Lipinski definition) is 6. The van der Waals surface area contributed by atoms with E-state index in [-0.39, 0.29) is 31.4 Å². The van der Waals surface area contributed by atoms with Gasteiger partial charge in [-0.05, 0) is 43.9 Å². The van der Waals surface area contributed by atoms with Crippen LogP contribution in [-0.4, -0.2) is 87.5 Å². The second-order valence-electron chi connectivity index (χ2n) is 7.92. The summed E-state index contributed by atoms with van der Waals surface area (Å²) in [5, 5.41) is 6.74. The largest absolute Gasteiger partial charge is 0.454 e. The van der Waals surface area contributed by atoms with Gasteiger partial charge >= 0.3 is 6.09 Å². The van der Waals surface area contributed by atoms with Crippen LogP contribution >= 0.6 is 0 Å². The van der Waals surface area contributed by atoms with E-state index in [0.29, 0.717) is 32.2 Å². The number of likely N-dealkylation sites (N-methyl/N-ethyl adjacent to an activating group) is 1. The predicted octanol–water partition coefficient (Wildman–Crippen LogP) is 1.20.